The molecule has 30 heavy (non-hydrogen) atoms. The zero-order chi connectivity index (χ0) is 21.1. The molecule has 3 fully saturated rings. The number of carbonyl (C=O) groups excluding carboxylic acids is 2. The van der Waals surface area contributed by atoms with Crippen molar-refractivity contribution in [1.29, 1.82) is 0 Å². The van der Waals surface area contributed by atoms with Crippen molar-refractivity contribution in [2.45, 2.75) is 57.2 Å². The molecule has 1 aromatic heterocycles. The molecule has 2 saturated heterocycles. The molecule has 0 bridgehead atoms. The summed E-state index contributed by atoms with van der Waals surface area (Å²) in [5.74, 6) is 0.782. The SMILES string of the molecule is CC(C)NC(=O)O[C@@H]1CC[C@H](c2cc(NC(=O)N3C[C@@H]3CN3CCOCC3)n[nH]2)C1. The lowest BCUT2D eigenvalue weighted by atomic mass is 10.0. The molecule has 0 spiro atoms. The fourth-order valence-electron chi connectivity index (χ4n) is 4.21. The second-order valence-electron chi connectivity index (χ2n) is 8.69. The van der Waals surface area contributed by atoms with Crippen molar-refractivity contribution in [1.82, 2.24) is 25.3 Å². The average Bonchev–Trinajstić information content (AvgIpc) is 3.08. The van der Waals surface area contributed by atoms with E-state index in [-0.39, 0.29) is 36.2 Å². The number of aromatic nitrogens is 2. The Bertz CT molecular complexity index is 747. The van der Waals surface area contributed by atoms with E-state index < -0.39 is 0 Å². The third-order valence-electron chi connectivity index (χ3n) is 5.89. The van der Waals surface area contributed by atoms with Gasteiger partial charge in [-0.25, -0.2) is 9.59 Å². The van der Waals surface area contributed by atoms with Gasteiger partial charge in [0.15, 0.2) is 5.82 Å². The highest BCUT2D eigenvalue weighted by Crippen LogP contribution is 2.36. The minimum absolute atomic E-state index is 0.0594. The molecule has 1 saturated carbocycles. The fraction of sp³-hybridized carbons (Fsp3) is 0.750. The third-order valence-corrected chi connectivity index (χ3v) is 5.89. The standard InChI is InChI=1S/C20H32N6O4/c1-13(2)21-20(28)30-16-4-3-14(9-16)17-10-18(24-23-17)22-19(27)26-12-15(26)11-25-5-7-29-8-6-25/h10,13-16H,3-9,11-12H2,1-2H3,(H,21,28)(H2,22,23,24,27)/t14-,15-,16+,26?/m0/s1. The van der Waals surface area contributed by atoms with Crippen LogP contribution in [0.3, 0.4) is 0 Å². The summed E-state index contributed by atoms with van der Waals surface area (Å²) in [4.78, 5) is 28.4. The maximum absolute atomic E-state index is 12.5. The molecule has 2 aliphatic heterocycles. The number of amides is 3. The van der Waals surface area contributed by atoms with Crippen LogP contribution in [0, 0.1) is 0 Å². The molecule has 3 N–H and O–H groups in total. The van der Waals surface area contributed by atoms with Crippen molar-refractivity contribution >= 4 is 17.9 Å². The molecule has 4 rings (SSSR count). The van der Waals surface area contributed by atoms with E-state index in [1.54, 1.807) is 0 Å². The van der Waals surface area contributed by atoms with Crippen LogP contribution in [0.4, 0.5) is 15.4 Å². The number of nitrogens with one attached hydrogen (secondary N) is 3. The monoisotopic (exact) mass is 420 g/mol. The Balaban J connectivity index is 1.21. The molecule has 1 aromatic rings. The number of urea groups is 1. The second-order valence-corrected chi connectivity index (χ2v) is 8.69. The van der Waals surface area contributed by atoms with Crippen molar-refractivity contribution in [2.75, 3.05) is 44.7 Å². The van der Waals surface area contributed by atoms with Crippen LogP contribution in [0.25, 0.3) is 0 Å². The summed E-state index contributed by atoms with van der Waals surface area (Å²) in [6.07, 6.45) is 2.05. The first-order chi connectivity index (χ1) is 14.5. The summed E-state index contributed by atoms with van der Waals surface area (Å²) in [6, 6.07) is 2.11. The lowest BCUT2D eigenvalue weighted by molar-refractivity contribution is 0.0373. The molecule has 10 nitrogen and oxygen atoms in total. The molecule has 0 aromatic carbocycles. The number of anilines is 1. The Hall–Kier alpha value is -2.33. The number of aromatic amines is 1. The quantitative estimate of drug-likeness (QED) is 0.605. The number of hydrogen-bond acceptors (Lipinski definition) is 6. The van der Waals surface area contributed by atoms with Crippen molar-refractivity contribution in [3.8, 4) is 0 Å². The molecule has 0 radical (unpaired) electrons. The van der Waals surface area contributed by atoms with Gasteiger partial charge in [0, 0.05) is 49.9 Å². The molecular weight excluding hydrogens is 388 g/mol. The highest BCUT2D eigenvalue weighted by Gasteiger charge is 2.40. The number of ether oxygens (including phenoxy) is 2. The van der Waals surface area contributed by atoms with Crippen LogP contribution < -0.4 is 10.6 Å². The van der Waals surface area contributed by atoms with E-state index in [1.165, 1.54) is 0 Å². The molecule has 3 heterocycles. The average molecular weight is 421 g/mol. The molecule has 10 heteroatoms. The molecule has 1 aliphatic carbocycles. The summed E-state index contributed by atoms with van der Waals surface area (Å²) in [5.41, 5.74) is 0.969. The van der Waals surface area contributed by atoms with Gasteiger partial charge >= 0.3 is 12.1 Å². The van der Waals surface area contributed by atoms with Gasteiger partial charge in [0.1, 0.15) is 6.10 Å². The van der Waals surface area contributed by atoms with Crippen LogP contribution in [-0.2, 0) is 9.47 Å². The van der Waals surface area contributed by atoms with Gasteiger partial charge in [0.2, 0.25) is 0 Å². The molecule has 3 aliphatic rings. The lowest BCUT2D eigenvalue weighted by Gasteiger charge is -2.26. The van der Waals surface area contributed by atoms with Crippen LogP contribution in [0.2, 0.25) is 0 Å². The van der Waals surface area contributed by atoms with E-state index in [2.05, 4.69) is 25.7 Å². The van der Waals surface area contributed by atoms with E-state index in [0.29, 0.717) is 5.82 Å². The maximum Gasteiger partial charge on any atom is 0.407 e. The molecular formula is C20H32N6O4. The van der Waals surface area contributed by atoms with E-state index in [4.69, 9.17) is 9.47 Å². The number of nitrogens with zero attached hydrogens (tertiary/aromatic N) is 3. The third kappa shape index (κ3) is 5.42. The van der Waals surface area contributed by atoms with Crippen molar-refractivity contribution in [3.63, 3.8) is 0 Å². The van der Waals surface area contributed by atoms with Crippen LogP contribution in [0.15, 0.2) is 6.07 Å². The van der Waals surface area contributed by atoms with Gasteiger partial charge in [-0.15, -0.1) is 0 Å². The van der Waals surface area contributed by atoms with Crippen LogP contribution in [-0.4, -0.2) is 89.7 Å². The summed E-state index contributed by atoms with van der Waals surface area (Å²) < 4.78 is 10.9. The maximum atomic E-state index is 12.5. The van der Waals surface area contributed by atoms with E-state index in [9.17, 15) is 9.59 Å². The van der Waals surface area contributed by atoms with Crippen LogP contribution in [0.5, 0.6) is 0 Å². The largest absolute Gasteiger partial charge is 0.446 e. The first kappa shape index (κ1) is 20.9. The number of morpholine rings is 1. The molecule has 3 amide bonds. The Morgan fingerprint density at radius 3 is 2.90 bits per heavy atom. The van der Waals surface area contributed by atoms with Gasteiger partial charge in [-0.2, -0.15) is 5.10 Å². The Labute approximate surface area is 176 Å². The van der Waals surface area contributed by atoms with Crippen LogP contribution in [0.1, 0.15) is 44.7 Å². The van der Waals surface area contributed by atoms with Gasteiger partial charge in [0.05, 0.1) is 19.3 Å². The minimum Gasteiger partial charge on any atom is -0.446 e. The van der Waals surface area contributed by atoms with E-state index >= 15 is 0 Å². The van der Waals surface area contributed by atoms with Gasteiger partial charge in [-0.05, 0) is 33.1 Å². The van der Waals surface area contributed by atoms with Gasteiger partial charge in [0.25, 0.3) is 0 Å². The minimum atomic E-state index is -0.363. The first-order valence-electron chi connectivity index (χ1n) is 10.9. The highest BCUT2D eigenvalue weighted by atomic mass is 16.6. The van der Waals surface area contributed by atoms with Gasteiger partial charge < -0.3 is 19.7 Å². The van der Waals surface area contributed by atoms with Crippen molar-refractivity contribution in [3.05, 3.63) is 11.8 Å². The van der Waals surface area contributed by atoms with Crippen molar-refractivity contribution in [2.24, 2.45) is 0 Å². The van der Waals surface area contributed by atoms with E-state index in [0.717, 1.165) is 64.3 Å². The zero-order valence-corrected chi connectivity index (χ0v) is 17.7. The van der Waals surface area contributed by atoms with Gasteiger partial charge in [-0.3, -0.25) is 15.3 Å². The summed E-state index contributed by atoms with van der Waals surface area (Å²) >= 11 is 0. The predicted octanol–water partition coefficient (Wildman–Crippen LogP) is 1.73. The summed E-state index contributed by atoms with van der Waals surface area (Å²) in [5, 5.41) is 12.9. The smallest absolute Gasteiger partial charge is 0.407 e. The number of H-pyrrole nitrogens is 1. The van der Waals surface area contributed by atoms with Crippen molar-refractivity contribution < 1.29 is 19.1 Å². The number of carbonyl (C=O) groups is 2. The normalized spacial score (nSPS) is 26.6. The summed E-state index contributed by atoms with van der Waals surface area (Å²) in [6.45, 7) is 8.88. The molecule has 166 valence electrons. The fourth-order valence-corrected chi connectivity index (χ4v) is 4.21. The lowest BCUT2D eigenvalue weighted by Crippen LogP contribution is -2.39. The zero-order valence-electron chi connectivity index (χ0n) is 17.7. The predicted molar refractivity (Wildman–Crippen MR) is 110 cm³/mol. The Kier molecular flexibility index (Phi) is 6.43. The van der Waals surface area contributed by atoms with E-state index in [1.807, 2.05) is 24.8 Å². The van der Waals surface area contributed by atoms with Crippen LogP contribution >= 0.6 is 0 Å². The Morgan fingerprint density at radius 1 is 1.33 bits per heavy atom. The summed E-state index contributed by atoms with van der Waals surface area (Å²) in [7, 11) is 0. The topological polar surface area (TPSA) is 112 Å². The number of rotatable bonds is 6. The van der Waals surface area contributed by atoms with Gasteiger partial charge in [-0.1, -0.05) is 0 Å². The second kappa shape index (κ2) is 9.22. The first-order valence-corrected chi connectivity index (χ1v) is 10.9. The highest BCUT2D eigenvalue weighted by molar-refractivity contribution is 5.90. The molecule has 3 atom stereocenters. The Morgan fingerprint density at radius 2 is 2.13 bits per heavy atom. The number of alkyl carbamates (subject to hydrolysis) is 1. The molecule has 0 unspecified atom stereocenters. The number of hydrogen-bond donors (Lipinski definition) is 3.